The zero-order valence-corrected chi connectivity index (χ0v) is 43.4. The number of carbonyl (C=O) groups is 4. The van der Waals surface area contributed by atoms with Crippen LogP contribution in [-0.2, 0) is 31.0 Å². The molecule has 3 aliphatic carbocycles. The summed E-state index contributed by atoms with van der Waals surface area (Å²) in [4.78, 5) is 62.8. The Kier molecular flexibility index (Phi) is 14.2. The summed E-state index contributed by atoms with van der Waals surface area (Å²) in [5, 5.41) is 25.7. The highest BCUT2D eigenvalue weighted by Crippen LogP contribution is 2.39. The van der Waals surface area contributed by atoms with Crippen LogP contribution in [0.15, 0.2) is 123 Å². The third-order valence-corrected chi connectivity index (χ3v) is 17.3. The van der Waals surface area contributed by atoms with Gasteiger partial charge in [0.15, 0.2) is 5.13 Å². The number of hydrogen-bond acceptors (Lipinski definition) is 12. The molecule has 3 saturated heterocycles. The molecule has 2 aromatic heterocycles. The Hall–Kier alpha value is -6.80. The van der Waals surface area contributed by atoms with E-state index >= 15 is 0 Å². The summed E-state index contributed by atoms with van der Waals surface area (Å²) >= 11 is 1.43. The normalized spacial score (nSPS) is 24.2. The number of aryl methyl sites for hydroxylation is 1. The van der Waals surface area contributed by atoms with Crippen molar-refractivity contribution in [2.24, 2.45) is 18.9 Å². The number of thiazole rings is 1. The molecule has 15 nitrogen and oxygen atoms in total. The minimum Gasteiger partial charge on any atom is -0.490 e. The highest BCUT2D eigenvalue weighted by atomic mass is 32.1. The highest BCUT2D eigenvalue weighted by Gasteiger charge is 2.35. The molecule has 4 N–H and O–H groups in total. The zero-order valence-electron chi connectivity index (χ0n) is 42.5. The van der Waals surface area contributed by atoms with Crippen molar-refractivity contribution in [3.63, 3.8) is 0 Å². The lowest BCUT2D eigenvalue weighted by atomic mass is 9.81. The summed E-state index contributed by atoms with van der Waals surface area (Å²) in [5.74, 6) is 0.0911. The molecule has 16 heteroatoms. The molecule has 0 spiro atoms. The molecule has 4 aliphatic heterocycles. The van der Waals surface area contributed by atoms with Crippen molar-refractivity contribution in [3.8, 4) is 0 Å². The number of benzene rings is 2. The van der Waals surface area contributed by atoms with Crippen LogP contribution < -0.4 is 20.9 Å². The van der Waals surface area contributed by atoms with E-state index in [1.54, 1.807) is 6.08 Å². The van der Waals surface area contributed by atoms with E-state index in [-0.39, 0.29) is 35.7 Å². The summed E-state index contributed by atoms with van der Waals surface area (Å²) in [6.45, 7) is 10.7. The number of hydrogen-bond donors (Lipinski definition) is 4. The van der Waals surface area contributed by atoms with Crippen LogP contribution in [0.4, 0.5) is 10.8 Å². The van der Waals surface area contributed by atoms with Crippen LogP contribution in [0, 0.1) is 11.8 Å². The van der Waals surface area contributed by atoms with Crippen molar-refractivity contribution >= 4 is 67.0 Å². The number of allylic oxidation sites excluding steroid dienone is 5. The Morgan fingerprint density at radius 1 is 1.00 bits per heavy atom. The number of amides is 3. The van der Waals surface area contributed by atoms with Gasteiger partial charge in [-0.1, -0.05) is 47.9 Å². The lowest BCUT2D eigenvalue weighted by molar-refractivity contribution is -0.135. The van der Waals surface area contributed by atoms with Gasteiger partial charge < -0.3 is 20.1 Å². The molecule has 7 aliphatic rings. The van der Waals surface area contributed by atoms with E-state index < -0.39 is 11.9 Å². The van der Waals surface area contributed by atoms with E-state index in [4.69, 9.17) is 9.84 Å². The van der Waals surface area contributed by atoms with Gasteiger partial charge in [-0.2, -0.15) is 5.10 Å². The number of anilines is 2. The van der Waals surface area contributed by atoms with Crippen molar-refractivity contribution in [2.45, 2.75) is 103 Å². The molecule has 0 bridgehead atoms. The SMILES string of the molecule is CC1=C(C2=C(C(=O)O)NC(N3CCC4=C=C=CC(C(=O)Nc5nc6ccccc6s5)=C4C3)C=C2)CCC=C1OC1CCC(CC(C)CCN2CCN(c3ccc4c(C5CCC(=O)NC5=O)nn(C)c4c3)CC2)CC1. The number of likely N-dealkylation sites (tertiary alicyclic amines) is 1. The van der Waals surface area contributed by atoms with Crippen molar-refractivity contribution < 1.29 is 29.0 Å². The van der Waals surface area contributed by atoms with E-state index in [9.17, 15) is 24.3 Å². The molecule has 6 heterocycles. The van der Waals surface area contributed by atoms with Gasteiger partial charge in [0.25, 0.3) is 5.91 Å². The number of piperazine rings is 1. The maximum Gasteiger partial charge on any atom is 0.352 e. The molecule has 3 amide bonds. The monoisotopic (exact) mass is 1020 g/mol. The van der Waals surface area contributed by atoms with Crippen LogP contribution in [0.1, 0.15) is 96.1 Å². The number of rotatable bonds is 14. The van der Waals surface area contributed by atoms with Gasteiger partial charge in [-0.3, -0.25) is 39.5 Å². The van der Waals surface area contributed by atoms with Crippen LogP contribution in [0.3, 0.4) is 0 Å². The summed E-state index contributed by atoms with van der Waals surface area (Å²) in [6, 6.07) is 14.2. The maximum absolute atomic E-state index is 13.7. The first kappa shape index (κ1) is 49.4. The standard InChI is InChI=1S/C58H65N9O6S/c1-35(24-26-65-28-30-66(31-29-65)39-16-19-44-48(33-39)64(3)63-53(44)45-21-23-52(68)61-56(45)70)32-37-14-17-40(18-15-37)73-49-12-7-9-41(36(49)2)42-20-22-51(60-54(42)57(71)72)67-27-25-38-8-6-10-43(46(38)34-67)55(69)62-58-59-47-11-4-5-13-50(47)74-58/h4-5,10-13,16,19-20,22,33,35,37,40,45,51,60H,7,9,14-15,17-18,21,23-32,34H2,1-3H3,(H,71,72)(H,59,62,69)(H,61,68,70). The van der Waals surface area contributed by atoms with E-state index in [1.165, 1.54) is 29.9 Å². The Morgan fingerprint density at radius 3 is 2.62 bits per heavy atom. The second kappa shape index (κ2) is 21.2. The van der Waals surface area contributed by atoms with Crippen LogP contribution in [0.25, 0.3) is 21.1 Å². The van der Waals surface area contributed by atoms with Crippen molar-refractivity contribution in [2.75, 3.05) is 56.0 Å². The largest absolute Gasteiger partial charge is 0.490 e. The number of fused-ring (bicyclic) bond motifs is 3. The predicted octanol–water partition coefficient (Wildman–Crippen LogP) is 8.53. The van der Waals surface area contributed by atoms with E-state index in [1.807, 2.05) is 48.1 Å². The molecule has 0 radical (unpaired) electrons. The third kappa shape index (κ3) is 10.3. The number of aromatic nitrogens is 3. The molecular weight excluding hydrogens is 951 g/mol. The first-order valence-corrected chi connectivity index (χ1v) is 27.4. The minimum atomic E-state index is -1.00. The van der Waals surface area contributed by atoms with E-state index in [0.717, 1.165) is 126 Å². The summed E-state index contributed by atoms with van der Waals surface area (Å²) in [5.41, 5.74) is 15.2. The fourth-order valence-corrected chi connectivity index (χ4v) is 13.0. The fourth-order valence-electron chi connectivity index (χ4n) is 12.1. The number of carboxylic acid groups (broad SMARTS) is 1. The number of piperidine rings is 2. The number of dihydropyridines is 1. The van der Waals surface area contributed by atoms with Gasteiger partial charge in [0, 0.05) is 81.0 Å². The Bertz CT molecular complexity index is 3170. The zero-order chi connectivity index (χ0) is 51.0. The van der Waals surface area contributed by atoms with Gasteiger partial charge in [-0.15, -0.1) is 0 Å². The fraction of sp³-hybridized carbons (Fsp3) is 0.448. The number of para-hydroxylation sites is 1. The van der Waals surface area contributed by atoms with Gasteiger partial charge in [0.2, 0.25) is 11.8 Å². The number of imide groups is 1. The van der Waals surface area contributed by atoms with Crippen molar-refractivity contribution in [1.82, 2.24) is 35.2 Å². The Balaban J connectivity index is 0.642. The lowest BCUT2D eigenvalue weighted by Gasteiger charge is -2.38. The number of nitrogens with zero attached hydrogens (tertiary/aromatic N) is 6. The molecule has 74 heavy (non-hydrogen) atoms. The van der Waals surface area contributed by atoms with Gasteiger partial charge >= 0.3 is 5.97 Å². The number of ether oxygens (including phenoxy) is 1. The predicted molar refractivity (Wildman–Crippen MR) is 287 cm³/mol. The summed E-state index contributed by atoms with van der Waals surface area (Å²) < 4.78 is 9.63. The Morgan fingerprint density at radius 2 is 1.82 bits per heavy atom. The average molecular weight is 1020 g/mol. The van der Waals surface area contributed by atoms with Crippen LogP contribution >= 0.6 is 11.3 Å². The Labute approximate surface area is 435 Å². The van der Waals surface area contributed by atoms with Gasteiger partial charge in [0.05, 0.1) is 45.2 Å². The van der Waals surface area contributed by atoms with Crippen LogP contribution in [0.2, 0.25) is 0 Å². The molecule has 384 valence electrons. The molecular formula is C58H65N9O6S. The molecule has 11 rings (SSSR count). The van der Waals surface area contributed by atoms with Crippen molar-refractivity contribution in [3.05, 3.63) is 129 Å². The lowest BCUT2D eigenvalue weighted by Crippen LogP contribution is -2.50. The summed E-state index contributed by atoms with van der Waals surface area (Å²) in [6.07, 6.45) is 17.4. The molecule has 3 atom stereocenters. The van der Waals surface area contributed by atoms with E-state index in [2.05, 4.69) is 85.2 Å². The van der Waals surface area contributed by atoms with Gasteiger partial charge in [-0.05, 0) is 149 Å². The van der Waals surface area contributed by atoms with E-state index in [0.29, 0.717) is 60.5 Å². The quantitative estimate of drug-likeness (QED) is 0.0702. The first-order chi connectivity index (χ1) is 35.9. The summed E-state index contributed by atoms with van der Waals surface area (Å²) in [7, 11) is 1.92. The third-order valence-electron chi connectivity index (χ3n) is 16.3. The molecule has 4 aromatic rings. The molecule has 2 aromatic carbocycles. The number of carboxylic acids is 1. The van der Waals surface area contributed by atoms with Crippen LogP contribution in [-0.4, -0.2) is 111 Å². The highest BCUT2D eigenvalue weighted by molar-refractivity contribution is 7.22. The van der Waals surface area contributed by atoms with Crippen molar-refractivity contribution in [1.29, 1.82) is 0 Å². The second-order valence-electron chi connectivity index (χ2n) is 21.1. The molecule has 4 fully saturated rings. The number of nitrogens with one attached hydrogen (secondary N) is 3. The minimum absolute atomic E-state index is 0.145. The smallest absolute Gasteiger partial charge is 0.352 e. The maximum atomic E-state index is 13.7. The van der Waals surface area contributed by atoms with Crippen LogP contribution in [0.5, 0.6) is 0 Å². The topological polar surface area (TPSA) is 174 Å². The average Bonchev–Trinajstić information content (AvgIpc) is 3.98. The molecule has 3 unspecified atom stereocenters. The molecule has 1 saturated carbocycles. The van der Waals surface area contributed by atoms with Gasteiger partial charge in [0.1, 0.15) is 11.5 Å². The first-order valence-electron chi connectivity index (χ1n) is 26.5. The second-order valence-corrected chi connectivity index (χ2v) is 22.2. The number of carbonyl (C=O) groups excluding carboxylic acids is 3. The number of aliphatic carboxylic acids is 1. The van der Waals surface area contributed by atoms with Gasteiger partial charge in [-0.25, -0.2) is 9.78 Å².